The highest BCUT2D eigenvalue weighted by molar-refractivity contribution is 8.00. The highest BCUT2D eigenvalue weighted by Gasteiger charge is 2.07. The SMILES string of the molecule is COc1ccc(CCNC(=O)CSCC(=O)NCc2ccccc2OC)cc1. The minimum Gasteiger partial charge on any atom is -0.497 e. The van der Waals surface area contributed by atoms with E-state index in [9.17, 15) is 9.59 Å². The number of thioether (sulfide) groups is 1. The van der Waals surface area contributed by atoms with Gasteiger partial charge in [-0.15, -0.1) is 11.8 Å². The van der Waals surface area contributed by atoms with E-state index in [0.717, 1.165) is 29.0 Å². The van der Waals surface area contributed by atoms with E-state index in [4.69, 9.17) is 9.47 Å². The fourth-order valence-electron chi connectivity index (χ4n) is 2.52. The van der Waals surface area contributed by atoms with Crippen LogP contribution in [0.1, 0.15) is 11.1 Å². The summed E-state index contributed by atoms with van der Waals surface area (Å²) in [6, 6.07) is 15.3. The maximum Gasteiger partial charge on any atom is 0.230 e. The van der Waals surface area contributed by atoms with E-state index in [1.807, 2.05) is 48.5 Å². The van der Waals surface area contributed by atoms with Crippen molar-refractivity contribution in [3.8, 4) is 11.5 Å². The van der Waals surface area contributed by atoms with Gasteiger partial charge >= 0.3 is 0 Å². The van der Waals surface area contributed by atoms with Crippen LogP contribution in [-0.4, -0.2) is 44.1 Å². The van der Waals surface area contributed by atoms with Crippen LogP contribution in [0.4, 0.5) is 0 Å². The maximum atomic E-state index is 11.9. The fraction of sp³-hybridized carbons (Fsp3) is 0.333. The van der Waals surface area contributed by atoms with Crippen molar-refractivity contribution in [3.63, 3.8) is 0 Å². The molecule has 0 aliphatic rings. The highest BCUT2D eigenvalue weighted by atomic mass is 32.2. The Balaban J connectivity index is 1.58. The Morgan fingerprint density at radius 2 is 1.57 bits per heavy atom. The number of nitrogens with one attached hydrogen (secondary N) is 2. The first kappa shape index (κ1) is 21.6. The van der Waals surface area contributed by atoms with Crippen molar-refractivity contribution >= 4 is 23.6 Å². The van der Waals surface area contributed by atoms with Crippen LogP contribution < -0.4 is 20.1 Å². The van der Waals surface area contributed by atoms with Crippen LogP contribution in [0.5, 0.6) is 11.5 Å². The van der Waals surface area contributed by atoms with Crippen LogP contribution in [0.3, 0.4) is 0 Å². The van der Waals surface area contributed by atoms with Gasteiger partial charge in [0, 0.05) is 18.7 Å². The summed E-state index contributed by atoms with van der Waals surface area (Å²) in [7, 11) is 3.23. The maximum absolute atomic E-state index is 11.9. The van der Waals surface area contributed by atoms with Gasteiger partial charge in [0.05, 0.1) is 25.7 Å². The molecule has 28 heavy (non-hydrogen) atoms. The molecule has 0 atom stereocenters. The number of benzene rings is 2. The second-order valence-electron chi connectivity index (χ2n) is 6.03. The van der Waals surface area contributed by atoms with Gasteiger partial charge in [0.2, 0.25) is 11.8 Å². The zero-order valence-corrected chi connectivity index (χ0v) is 17.0. The Hall–Kier alpha value is -2.67. The summed E-state index contributed by atoms with van der Waals surface area (Å²) in [6.07, 6.45) is 0.750. The molecule has 0 radical (unpaired) electrons. The largest absolute Gasteiger partial charge is 0.497 e. The summed E-state index contributed by atoms with van der Waals surface area (Å²) >= 11 is 1.29. The lowest BCUT2D eigenvalue weighted by Crippen LogP contribution is -2.29. The van der Waals surface area contributed by atoms with Crippen LogP contribution in [0.15, 0.2) is 48.5 Å². The predicted octanol–water partition coefficient (Wildman–Crippen LogP) is 2.41. The van der Waals surface area contributed by atoms with Crippen molar-refractivity contribution in [2.75, 3.05) is 32.3 Å². The molecular weight excluding hydrogens is 376 g/mol. The van der Waals surface area contributed by atoms with Crippen molar-refractivity contribution in [2.45, 2.75) is 13.0 Å². The number of hydrogen-bond donors (Lipinski definition) is 2. The number of ether oxygens (including phenoxy) is 2. The number of carbonyl (C=O) groups excluding carboxylic acids is 2. The fourth-order valence-corrected chi connectivity index (χ4v) is 3.20. The summed E-state index contributed by atoms with van der Waals surface area (Å²) in [5.41, 5.74) is 2.05. The summed E-state index contributed by atoms with van der Waals surface area (Å²) < 4.78 is 10.4. The van der Waals surface area contributed by atoms with Gasteiger partial charge < -0.3 is 20.1 Å². The van der Waals surface area contributed by atoms with Gasteiger partial charge in [0.1, 0.15) is 11.5 Å². The second-order valence-corrected chi connectivity index (χ2v) is 7.02. The molecule has 0 spiro atoms. The topological polar surface area (TPSA) is 76.7 Å². The Bertz CT molecular complexity index is 765. The third-order valence-corrected chi connectivity index (χ3v) is 4.96. The average Bonchev–Trinajstić information content (AvgIpc) is 2.73. The molecule has 0 aliphatic heterocycles. The van der Waals surface area contributed by atoms with E-state index in [-0.39, 0.29) is 23.3 Å². The molecule has 0 saturated heterocycles. The summed E-state index contributed by atoms with van der Waals surface area (Å²) in [5.74, 6) is 1.86. The number of methoxy groups -OCH3 is 2. The number of para-hydroxylation sites is 1. The zero-order valence-electron chi connectivity index (χ0n) is 16.2. The van der Waals surface area contributed by atoms with Crippen molar-refractivity contribution < 1.29 is 19.1 Å². The predicted molar refractivity (Wildman–Crippen MR) is 112 cm³/mol. The van der Waals surface area contributed by atoms with E-state index >= 15 is 0 Å². The lowest BCUT2D eigenvalue weighted by molar-refractivity contribution is -0.119. The quantitative estimate of drug-likeness (QED) is 0.604. The monoisotopic (exact) mass is 402 g/mol. The van der Waals surface area contributed by atoms with E-state index in [2.05, 4.69) is 10.6 Å². The number of rotatable bonds is 11. The number of amides is 2. The molecule has 2 rings (SSSR count). The van der Waals surface area contributed by atoms with Crippen LogP contribution in [0.2, 0.25) is 0 Å². The Morgan fingerprint density at radius 1 is 0.893 bits per heavy atom. The summed E-state index contributed by atoms with van der Waals surface area (Å²) in [4.78, 5) is 23.8. The molecule has 2 aromatic rings. The first-order chi connectivity index (χ1) is 13.6. The molecule has 0 unspecified atom stereocenters. The first-order valence-corrected chi connectivity index (χ1v) is 10.1. The van der Waals surface area contributed by atoms with Gasteiger partial charge in [-0.1, -0.05) is 30.3 Å². The molecule has 150 valence electrons. The molecule has 0 bridgehead atoms. The average molecular weight is 403 g/mol. The number of carbonyl (C=O) groups is 2. The van der Waals surface area contributed by atoms with Crippen LogP contribution in [0, 0.1) is 0 Å². The summed E-state index contributed by atoms with van der Waals surface area (Å²) in [6.45, 7) is 0.961. The lowest BCUT2D eigenvalue weighted by atomic mass is 10.1. The van der Waals surface area contributed by atoms with E-state index in [0.29, 0.717) is 13.1 Å². The molecule has 2 amide bonds. The molecule has 0 aromatic heterocycles. The van der Waals surface area contributed by atoms with Gasteiger partial charge in [-0.3, -0.25) is 9.59 Å². The third-order valence-electron chi connectivity index (χ3n) is 4.03. The minimum atomic E-state index is -0.109. The molecule has 0 aliphatic carbocycles. The molecule has 2 aromatic carbocycles. The van der Waals surface area contributed by atoms with E-state index in [1.54, 1.807) is 14.2 Å². The smallest absolute Gasteiger partial charge is 0.230 e. The highest BCUT2D eigenvalue weighted by Crippen LogP contribution is 2.16. The van der Waals surface area contributed by atoms with Gasteiger partial charge in [-0.25, -0.2) is 0 Å². The normalized spacial score (nSPS) is 10.2. The number of hydrogen-bond acceptors (Lipinski definition) is 5. The van der Waals surface area contributed by atoms with Crippen molar-refractivity contribution in [2.24, 2.45) is 0 Å². The summed E-state index contributed by atoms with van der Waals surface area (Å²) in [5, 5.41) is 5.71. The van der Waals surface area contributed by atoms with Crippen molar-refractivity contribution in [1.82, 2.24) is 10.6 Å². The van der Waals surface area contributed by atoms with Crippen molar-refractivity contribution in [3.05, 3.63) is 59.7 Å². The van der Waals surface area contributed by atoms with Gasteiger partial charge in [0.15, 0.2) is 0 Å². The minimum absolute atomic E-state index is 0.0731. The van der Waals surface area contributed by atoms with Gasteiger partial charge in [0.25, 0.3) is 0 Å². The van der Waals surface area contributed by atoms with Crippen LogP contribution >= 0.6 is 11.8 Å². The lowest BCUT2D eigenvalue weighted by Gasteiger charge is -2.09. The second kappa shape index (κ2) is 11.9. The molecule has 0 fully saturated rings. The van der Waals surface area contributed by atoms with Gasteiger partial charge in [-0.2, -0.15) is 0 Å². The molecular formula is C21H26N2O4S. The van der Waals surface area contributed by atoms with Gasteiger partial charge in [-0.05, 0) is 30.2 Å². The Kier molecular flexibility index (Phi) is 9.21. The molecule has 0 saturated carbocycles. The van der Waals surface area contributed by atoms with E-state index in [1.165, 1.54) is 11.8 Å². The van der Waals surface area contributed by atoms with Crippen LogP contribution in [-0.2, 0) is 22.6 Å². The molecule has 6 nitrogen and oxygen atoms in total. The third kappa shape index (κ3) is 7.52. The Morgan fingerprint density at radius 3 is 2.25 bits per heavy atom. The van der Waals surface area contributed by atoms with Crippen molar-refractivity contribution in [1.29, 1.82) is 0 Å². The first-order valence-electron chi connectivity index (χ1n) is 8.98. The standard InChI is InChI=1S/C21H26N2O4S/c1-26-18-9-7-16(8-10-18)11-12-22-20(24)14-28-15-21(25)23-13-17-5-3-4-6-19(17)27-2/h3-10H,11-15H2,1-2H3,(H,22,24)(H,23,25). The molecule has 2 N–H and O–H groups in total. The zero-order chi connectivity index (χ0) is 20.2. The Labute approximate surface area is 170 Å². The van der Waals surface area contributed by atoms with E-state index < -0.39 is 0 Å². The van der Waals surface area contributed by atoms with Crippen LogP contribution in [0.25, 0.3) is 0 Å². The molecule has 7 heteroatoms. The molecule has 0 heterocycles.